The number of nitrogens with zero attached hydrogens (tertiary/aromatic N) is 1. The van der Waals surface area contributed by atoms with Gasteiger partial charge in [0.1, 0.15) is 0 Å². The Labute approximate surface area is 84.9 Å². The minimum Gasteiger partial charge on any atom is -0.474 e. The van der Waals surface area contributed by atoms with Crippen molar-refractivity contribution in [2.75, 3.05) is 7.11 Å². The van der Waals surface area contributed by atoms with Crippen LogP contribution >= 0.6 is 0 Å². The smallest absolute Gasteiger partial charge is 0.335 e. The molecule has 0 unspecified atom stereocenters. The van der Waals surface area contributed by atoms with Crippen molar-refractivity contribution in [3.8, 4) is 0 Å². The van der Waals surface area contributed by atoms with Gasteiger partial charge in [-0.2, -0.15) is 0 Å². The number of carbonyl (C=O) groups excluding carboxylic acids is 1. The summed E-state index contributed by atoms with van der Waals surface area (Å²) in [5, 5.41) is 0. The molecule has 0 amide bonds. The van der Waals surface area contributed by atoms with Crippen LogP contribution < -0.4 is 0 Å². The van der Waals surface area contributed by atoms with Crippen molar-refractivity contribution in [2.24, 2.45) is 0 Å². The van der Waals surface area contributed by atoms with Gasteiger partial charge in [0.25, 0.3) is 5.70 Å². The fourth-order valence-electron chi connectivity index (χ4n) is 1.01. The highest BCUT2D eigenvalue weighted by molar-refractivity contribution is 5.90. The summed E-state index contributed by atoms with van der Waals surface area (Å²) in [6.07, 6.45) is 5.34. The van der Waals surface area contributed by atoms with Crippen molar-refractivity contribution in [1.82, 2.24) is 0 Å². The summed E-state index contributed by atoms with van der Waals surface area (Å²) < 4.78 is 4.48. The van der Waals surface area contributed by atoms with Gasteiger partial charge in [-0.3, -0.25) is 4.79 Å². The number of allylic oxidation sites excluding steroid dienone is 3. The Morgan fingerprint density at radius 2 is 2.21 bits per heavy atom. The molecule has 0 aromatic carbocycles. The zero-order valence-corrected chi connectivity index (χ0v) is 8.83. The van der Waals surface area contributed by atoms with Gasteiger partial charge in [-0.25, -0.2) is 4.85 Å². The third-order valence-corrected chi connectivity index (χ3v) is 1.75. The highest BCUT2D eigenvalue weighted by Gasteiger charge is 2.09. The van der Waals surface area contributed by atoms with Gasteiger partial charge in [-0.1, -0.05) is 25.0 Å². The summed E-state index contributed by atoms with van der Waals surface area (Å²) in [6, 6.07) is 0. The Hall–Kier alpha value is -1.56. The molecule has 0 heterocycles. The number of methoxy groups -OCH3 is 1. The van der Waals surface area contributed by atoms with Crippen molar-refractivity contribution in [1.29, 1.82) is 0 Å². The lowest BCUT2D eigenvalue weighted by atomic mass is 10.1. The second-order valence-electron chi connectivity index (χ2n) is 2.75. The number of hydrogen-bond acceptors (Lipinski definition) is 2. The third-order valence-electron chi connectivity index (χ3n) is 1.75. The van der Waals surface area contributed by atoms with Crippen molar-refractivity contribution in [3.63, 3.8) is 0 Å². The molecule has 0 N–H and O–H groups in total. The predicted octanol–water partition coefficient (Wildman–Crippen LogP) is 2.71. The van der Waals surface area contributed by atoms with E-state index in [1.807, 2.05) is 19.9 Å². The van der Waals surface area contributed by atoms with Gasteiger partial charge >= 0.3 is 5.97 Å². The van der Waals surface area contributed by atoms with E-state index in [1.54, 1.807) is 6.08 Å². The van der Waals surface area contributed by atoms with E-state index >= 15 is 0 Å². The number of carbonyl (C=O) groups is 1. The normalized spacial score (nSPS) is 12.1. The molecule has 0 fully saturated rings. The lowest BCUT2D eigenvalue weighted by molar-refractivity contribution is -0.135. The second-order valence-corrected chi connectivity index (χ2v) is 2.75. The van der Waals surface area contributed by atoms with Crippen LogP contribution in [0.2, 0.25) is 0 Å². The van der Waals surface area contributed by atoms with Crippen LogP contribution in [-0.4, -0.2) is 13.1 Å². The second kappa shape index (κ2) is 6.90. The Bertz CT molecular complexity index is 295. The van der Waals surface area contributed by atoms with Crippen LogP contribution in [0.25, 0.3) is 4.85 Å². The minimum atomic E-state index is -0.574. The van der Waals surface area contributed by atoms with E-state index in [1.165, 1.54) is 7.11 Å². The Morgan fingerprint density at radius 1 is 1.57 bits per heavy atom. The molecule has 0 saturated heterocycles. The van der Waals surface area contributed by atoms with E-state index in [0.717, 1.165) is 18.4 Å². The van der Waals surface area contributed by atoms with Crippen LogP contribution in [-0.2, 0) is 9.53 Å². The first kappa shape index (κ1) is 12.4. The van der Waals surface area contributed by atoms with Crippen molar-refractivity contribution >= 4 is 5.97 Å². The largest absolute Gasteiger partial charge is 0.474 e. The molecule has 3 nitrogen and oxygen atoms in total. The highest BCUT2D eigenvalue weighted by atomic mass is 16.5. The van der Waals surface area contributed by atoms with Crippen molar-refractivity contribution < 1.29 is 9.53 Å². The first-order chi connectivity index (χ1) is 6.69. The lowest BCUT2D eigenvalue weighted by Crippen LogP contribution is -2.01. The molecule has 0 aliphatic rings. The molecular weight excluding hydrogens is 178 g/mol. The van der Waals surface area contributed by atoms with Crippen LogP contribution in [0, 0.1) is 6.57 Å². The first-order valence-corrected chi connectivity index (χ1v) is 4.52. The maximum atomic E-state index is 11.1. The maximum absolute atomic E-state index is 11.1. The first-order valence-electron chi connectivity index (χ1n) is 4.52. The van der Waals surface area contributed by atoms with E-state index in [9.17, 15) is 4.79 Å². The molecule has 0 saturated carbocycles. The molecule has 0 aromatic rings. The number of hydrogen-bond donors (Lipinski definition) is 0. The van der Waals surface area contributed by atoms with Crippen molar-refractivity contribution in [2.45, 2.75) is 26.7 Å². The molecule has 0 radical (unpaired) electrons. The van der Waals surface area contributed by atoms with Crippen LogP contribution in [0.15, 0.2) is 23.4 Å². The molecule has 0 aliphatic carbocycles. The fourth-order valence-corrected chi connectivity index (χ4v) is 1.01. The quantitative estimate of drug-likeness (QED) is 0.297. The molecule has 3 heteroatoms. The van der Waals surface area contributed by atoms with Gasteiger partial charge in [-0.15, -0.1) is 0 Å². The predicted molar refractivity (Wildman–Crippen MR) is 55.4 cm³/mol. The summed E-state index contributed by atoms with van der Waals surface area (Å²) in [6.45, 7) is 10.8. The van der Waals surface area contributed by atoms with Crippen LogP contribution in [0.5, 0.6) is 0 Å². The fraction of sp³-hybridized carbons (Fsp3) is 0.455. The summed E-state index contributed by atoms with van der Waals surface area (Å²) in [7, 11) is 1.27. The average molecular weight is 193 g/mol. The molecule has 14 heavy (non-hydrogen) atoms. The standard InChI is InChI=1S/C11H15NO2/c1-5-7-9(6-2)8-10(12-3)11(13)14-4/h6,8H,5,7H2,1-2,4H3/b9-6+,10-8?. The molecule has 0 aliphatic heterocycles. The van der Waals surface area contributed by atoms with Gasteiger partial charge in [-0.05, 0) is 19.4 Å². The van der Waals surface area contributed by atoms with Gasteiger partial charge < -0.3 is 4.74 Å². The van der Waals surface area contributed by atoms with Gasteiger partial charge in [0, 0.05) is 0 Å². The van der Waals surface area contributed by atoms with Crippen LogP contribution in [0.4, 0.5) is 0 Å². The van der Waals surface area contributed by atoms with E-state index in [0.29, 0.717) is 0 Å². The topological polar surface area (TPSA) is 30.7 Å². The number of esters is 1. The number of ether oxygens (including phenoxy) is 1. The zero-order valence-electron chi connectivity index (χ0n) is 8.83. The minimum absolute atomic E-state index is 0.0362. The van der Waals surface area contributed by atoms with E-state index in [4.69, 9.17) is 6.57 Å². The van der Waals surface area contributed by atoms with Gasteiger partial charge in [0.2, 0.25) is 0 Å². The molecule has 0 aromatic heterocycles. The lowest BCUT2D eigenvalue weighted by Gasteiger charge is -2.00. The maximum Gasteiger partial charge on any atom is 0.335 e. The Balaban J connectivity index is 4.75. The Morgan fingerprint density at radius 3 is 2.57 bits per heavy atom. The molecule has 76 valence electrons. The molecule has 0 bridgehead atoms. The van der Waals surface area contributed by atoms with Gasteiger partial charge in [0.15, 0.2) is 0 Å². The zero-order chi connectivity index (χ0) is 11.0. The average Bonchev–Trinajstić information content (AvgIpc) is 2.23. The molecular formula is C11H15NO2. The summed E-state index contributed by atoms with van der Waals surface area (Å²) in [4.78, 5) is 14.2. The van der Waals surface area contributed by atoms with E-state index < -0.39 is 5.97 Å². The monoisotopic (exact) mass is 193 g/mol. The van der Waals surface area contributed by atoms with Crippen LogP contribution in [0.1, 0.15) is 26.7 Å². The van der Waals surface area contributed by atoms with E-state index in [-0.39, 0.29) is 5.70 Å². The molecule has 0 atom stereocenters. The number of rotatable bonds is 4. The van der Waals surface area contributed by atoms with Gasteiger partial charge in [0.05, 0.1) is 13.7 Å². The molecule has 0 spiro atoms. The highest BCUT2D eigenvalue weighted by Crippen LogP contribution is 2.11. The summed E-state index contributed by atoms with van der Waals surface area (Å²) >= 11 is 0. The van der Waals surface area contributed by atoms with Crippen molar-refractivity contribution in [3.05, 3.63) is 34.8 Å². The van der Waals surface area contributed by atoms with Crippen LogP contribution in [0.3, 0.4) is 0 Å². The Kier molecular flexibility index (Phi) is 6.13. The summed E-state index contributed by atoms with van der Waals surface area (Å²) in [5.41, 5.74) is 1.03. The summed E-state index contributed by atoms with van der Waals surface area (Å²) in [5.74, 6) is -0.574. The van der Waals surface area contributed by atoms with E-state index in [2.05, 4.69) is 9.58 Å². The SMILES string of the molecule is [C-]#[N+]C(=C/C(=C/C)CCC)C(=O)OC. The molecule has 0 rings (SSSR count). The third kappa shape index (κ3) is 3.90.